The van der Waals surface area contributed by atoms with Crippen LogP contribution in [0.1, 0.15) is 65.7 Å². The number of carbonyl (C=O) groups excluding carboxylic acids is 6. The van der Waals surface area contributed by atoms with Crippen LogP contribution in [0.5, 0.6) is 0 Å². The summed E-state index contributed by atoms with van der Waals surface area (Å²) in [4.78, 5) is 98.6. The first-order valence-electron chi connectivity index (χ1n) is 29.3. The second-order valence-electron chi connectivity index (χ2n) is 22.0. The van der Waals surface area contributed by atoms with E-state index in [0.717, 1.165) is 28.2 Å². The Balaban J connectivity index is -0.0000000193. The number of nitrogens with zero attached hydrogens (tertiary/aromatic N) is 6. The van der Waals surface area contributed by atoms with Crippen molar-refractivity contribution in [3.05, 3.63) is 367 Å². The van der Waals surface area contributed by atoms with E-state index in [2.05, 4.69) is 51.5 Å². The second-order valence-corrected chi connectivity index (χ2v) is 34.9. The molecule has 22 nitrogen and oxygen atoms in total. The number of oxime groups is 2. The van der Waals surface area contributed by atoms with Gasteiger partial charge in [-0.1, -0.05) is 156 Å². The number of amides is 4. The molecule has 4 amide bonds. The maximum atomic E-state index is 12.8. The summed E-state index contributed by atoms with van der Waals surface area (Å²) >= 11 is 0. The van der Waals surface area contributed by atoms with Crippen LogP contribution in [0, 0.1) is 118 Å². The summed E-state index contributed by atoms with van der Waals surface area (Å²) < 4.78 is 50.6. The van der Waals surface area contributed by atoms with Gasteiger partial charge in [0.25, 0.3) is 23.6 Å². The average molecular weight is 4580 g/mol. The van der Waals surface area contributed by atoms with Gasteiger partial charge in [0, 0.05) is 1210 Å². The number of benzene rings is 4. The average Bonchev–Trinajstić information content (AvgIpc) is 0.932. The Morgan fingerprint density at radius 1 is 0.246 bits per heavy atom. The van der Waals surface area contributed by atoms with Crippen molar-refractivity contribution in [3.8, 4) is 0 Å². The molecular formula is C82H120N10O12P4Y34-14. The van der Waals surface area contributed by atoms with E-state index in [0.29, 0.717) is 46.4 Å². The fourth-order valence-electron chi connectivity index (χ4n) is 8.53. The van der Waals surface area contributed by atoms with Crippen molar-refractivity contribution in [1.29, 1.82) is 0 Å². The molecule has 0 aliphatic heterocycles. The number of ketones is 2. The van der Waals surface area contributed by atoms with Crippen molar-refractivity contribution in [2.75, 3.05) is 66.0 Å². The molecule has 4 aromatic carbocycles. The van der Waals surface area contributed by atoms with Gasteiger partial charge in [0.05, 0.1) is 25.1 Å². The van der Waals surface area contributed by atoms with E-state index in [9.17, 15) is 47.0 Å². The Morgan fingerprint density at radius 2 is 0.430 bits per heavy atom. The summed E-state index contributed by atoms with van der Waals surface area (Å²) in [6.45, 7) is 10.3. The first kappa shape index (κ1) is 306. The van der Waals surface area contributed by atoms with Crippen molar-refractivity contribution < 1.29 is 1170 Å². The van der Waals surface area contributed by atoms with Gasteiger partial charge in [-0.15, -0.1) is 0 Å². The number of aryl methyl sites for hydroxylation is 2. The number of pyridine rings is 4. The summed E-state index contributed by atoms with van der Waals surface area (Å²) in [5.74, 6) is -3.57. The predicted octanol–water partition coefficient (Wildman–Crippen LogP) is 17.3. The van der Waals surface area contributed by atoms with Crippen LogP contribution in [0.15, 0.2) is 217 Å². The number of hydrogen-bond acceptors (Lipinski definition) is 18. The third kappa shape index (κ3) is 145. The van der Waals surface area contributed by atoms with Gasteiger partial charge in [-0.25, -0.2) is 0 Å². The number of carbonyl (C=O) groups is 6. The van der Waals surface area contributed by atoms with Crippen LogP contribution in [-0.4, -0.2) is 133 Å². The molecule has 0 aliphatic rings. The second kappa shape index (κ2) is 186. The Kier molecular flexibility index (Phi) is 402. The molecule has 4 unspecified atom stereocenters. The predicted molar refractivity (Wildman–Crippen MR) is 459 cm³/mol. The van der Waals surface area contributed by atoms with E-state index in [1.165, 1.54) is 14.2 Å². The van der Waals surface area contributed by atoms with Crippen LogP contribution in [0.25, 0.3) is 0 Å². The maximum absolute atomic E-state index is 12.8. The summed E-state index contributed by atoms with van der Waals surface area (Å²) in [6.07, 6.45) is 8.12. The maximum Gasteiger partial charge on any atom is 0.292 e. The summed E-state index contributed by atoms with van der Waals surface area (Å²) in [5, 5.41) is 17.9. The third-order valence-corrected chi connectivity index (χ3v) is 20.7. The quantitative estimate of drug-likeness (QED) is 0.00977. The molecule has 8 rings (SSSR count). The van der Waals surface area contributed by atoms with E-state index >= 15 is 0 Å². The molecule has 0 spiro atoms. The molecule has 706 valence electrons. The Morgan fingerprint density at radius 3 is 0.620 bits per heavy atom. The van der Waals surface area contributed by atoms with Crippen molar-refractivity contribution >= 4 is 75.2 Å². The number of aromatic nitrogens is 4. The Labute approximate surface area is 1720 Å². The van der Waals surface area contributed by atoms with Crippen LogP contribution in [0.4, 0.5) is 0 Å². The summed E-state index contributed by atoms with van der Waals surface area (Å²) in [7, 11) is -7.76. The molecule has 142 heavy (non-hydrogen) atoms. The molecule has 0 fully saturated rings. The van der Waals surface area contributed by atoms with E-state index < -0.39 is 63.8 Å². The monoisotopic (exact) mass is 4580 g/mol. The zero-order chi connectivity index (χ0) is 68.6. The fourth-order valence-corrected chi connectivity index (χ4v) is 14.7. The summed E-state index contributed by atoms with van der Waals surface area (Å²) in [5.41, 5.74) is 7.14. The normalized spacial score (nSPS) is 8.93. The molecule has 0 bridgehead atoms. The van der Waals surface area contributed by atoms with Crippen molar-refractivity contribution in [3.63, 3.8) is 0 Å². The van der Waals surface area contributed by atoms with E-state index in [4.69, 9.17) is 9.68 Å². The smallest absolute Gasteiger partial charge is 0.292 e. The minimum absolute atomic E-state index is 0. The molecule has 8 aromatic rings. The zero-order valence-corrected chi connectivity index (χ0v) is 187. The first-order valence-corrected chi connectivity index (χ1v) is 39.4. The number of rotatable bonds is 26. The van der Waals surface area contributed by atoms with Gasteiger partial charge in [0.15, 0.2) is 11.4 Å². The Bertz CT molecular complexity index is 4180. The fraction of sp³-hybridized carbons (Fsp3) is 0.195. The molecule has 4 aromatic heterocycles. The molecular weight excluding hydrogens is 4460 g/mol. The van der Waals surface area contributed by atoms with Crippen molar-refractivity contribution in [2.24, 2.45) is 10.3 Å². The minimum Gasteiger partial charge on any atom is -0.398 e. The molecule has 4 atom stereocenters. The topological polar surface area (TPSA) is 314 Å². The largest absolute Gasteiger partial charge is 0.398 e. The number of hydrogen-bond donors (Lipinski definition) is 4. The van der Waals surface area contributed by atoms with Gasteiger partial charge >= 0.3 is 0 Å². The minimum atomic E-state index is -2.65. The molecule has 60 heteroatoms. The summed E-state index contributed by atoms with van der Waals surface area (Å²) in [6, 6.07) is 52.8. The molecule has 0 aliphatic carbocycles. The van der Waals surface area contributed by atoms with E-state index in [-0.39, 0.29) is 1260 Å². The van der Waals surface area contributed by atoms with Crippen LogP contribution in [0.3, 0.4) is 0 Å². The van der Waals surface area contributed by atoms with Crippen LogP contribution < -0.4 is 21.3 Å². The standard InChI is InChI=1S/C18H22N3O3P.C17H20N3O3P.C17H19N2O3P.C16H17N2O3P.14CH3.34Y/c1-14-16(10-7-11-19-14)12-25(3,23)13-20-18(22)17(21-24-2)15-8-5-4-6-9-15;1-23-20-16(14-8-4-3-5-9-14)17(21)19-13-24(2,22)12-15-10-6-7-11-18-15;1-13-15(9-6-10-18-13)11-23(2,22)12-19-17(21)16(20)14-7-4-3-5-8-14;1-22(21,11-14-9-5-6-10-17-14)12-18-16(20)15(19)13-7-3-2-4-8-13;;;;;;;;;;;;;;;;;;;;;;;;;;;;;;;;;;;;;;;;;;;;;;;;/h4-11H,12-13H2,1-3H3,(H,20,22);3-11H,12-13H2,1-2H3,(H,19,21);3-10H,11-12H2,1-2H3,(H,19,21);2-10H,11-12H2,1H3,(H,18,20);14*1H3;;;;;;;;;;;;;;;;;;;;;;;;;;;;;;;;;;/q;;;;14*-1;;;;;;;;;;;;;;;;;;;;;;;;;;;;;;;;;;/b21-17-;20-16-;;;;;;;;;;;;;;;;;;;;;;;;;;;;;;;;;;;;;;;;;;;;;;;;;;. The third-order valence-electron chi connectivity index (χ3n) is 13.4. The van der Waals surface area contributed by atoms with Crippen molar-refractivity contribution in [2.45, 2.75) is 38.5 Å². The van der Waals surface area contributed by atoms with Gasteiger partial charge in [0.1, 0.15) is 42.8 Å². The van der Waals surface area contributed by atoms with E-state index in [1.54, 1.807) is 173 Å². The molecule has 4 heterocycles. The number of Topliss-reactive ketones (excluding diaryl/α,β-unsaturated/α-hetero) is 2. The van der Waals surface area contributed by atoms with Gasteiger partial charge in [-0.3, -0.25) is 48.7 Å². The number of nitrogens with one attached hydrogen (secondary N) is 4. The van der Waals surface area contributed by atoms with Crippen molar-refractivity contribution in [1.82, 2.24) is 41.2 Å². The van der Waals surface area contributed by atoms with Crippen LogP contribution >= 0.6 is 28.6 Å². The molecule has 34 radical (unpaired) electrons. The van der Waals surface area contributed by atoms with Gasteiger partial charge in [-0.2, -0.15) is 0 Å². The molecule has 4 N–H and O–H groups in total. The van der Waals surface area contributed by atoms with Gasteiger partial charge in [-0.05, 0) is 88.0 Å². The first-order chi connectivity index (χ1) is 44.8. The van der Waals surface area contributed by atoms with E-state index in [1.807, 2.05) is 74.5 Å². The van der Waals surface area contributed by atoms with Crippen LogP contribution in [0.2, 0.25) is 0 Å². The van der Waals surface area contributed by atoms with Gasteiger partial charge in [0.2, 0.25) is 11.6 Å². The van der Waals surface area contributed by atoms with Crippen LogP contribution in [-0.2, 0) is 1180 Å². The SMILES string of the molecule is CO/N=C(\C(=O)NCP(C)(=O)Cc1ccccn1)c1ccccc1.CO/N=C(\C(=O)NCP(C)(=O)Cc1cccnc1C)c1ccccc1.CP(=O)(CNC(=O)C(=O)c1ccccc1)Cc1ccccn1.Cc1ncccc1CP(C)(=O)CNC(=O)C(=O)c1ccccc1.[CH3-].[CH3-].[CH3-].[CH3-].[CH3-].[CH3-].[CH3-].[CH3-].[CH3-].[CH3-].[CH3-].[CH3-].[CH3-].[CH3-].[Y].[Y].[Y].[Y].[Y].[Y].[Y].[Y].[Y].[Y].[Y].[Y].[Y].[Y].[Y].[Y].[Y].[Y].[Y].[Y].[Y].[Y].[Y].[Y].[Y].[Y].[Y].[Y].[Y].[Y].[Y].[Y].[Y].[Y]. The Hall–Kier alpha value is 28.1. The molecule has 0 saturated heterocycles. The molecule has 0 saturated carbocycles. The van der Waals surface area contributed by atoms with Gasteiger partial charge < -0.3 is 153 Å². The zero-order valence-electron chi connectivity index (χ0n) is 87.3.